The van der Waals surface area contributed by atoms with Crippen LogP contribution in [-0.2, 0) is 13.6 Å². The van der Waals surface area contributed by atoms with Gasteiger partial charge >= 0.3 is 7.60 Å². The van der Waals surface area contributed by atoms with E-state index in [4.69, 9.17) is 9.05 Å². The number of hydrogen-bond donors (Lipinski definition) is 0. The molecule has 3 nitrogen and oxygen atoms in total. The van der Waals surface area contributed by atoms with Crippen LogP contribution in [0.3, 0.4) is 0 Å². The summed E-state index contributed by atoms with van der Waals surface area (Å²) in [6.07, 6.45) is 1.30. The summed E-state index contributed by atoms with van der Waals surface area (Å²) in [4.78, 5) is 0. The molecule has 0 aliphatic rings. The Balaban J connectivity index is 3.13. The first-order chi connectivity index (χ1) is 8.89. The van der Waals surface area contributed by atoms with E-state index in [0.29, 0.717) is 0 Å². The van der Waals surface area contributed by atoms with Gasteiger partial charge in [0.25, 0.3) is 0 Å². The van der Waals surface area contributed by atoms with E-state index in [-0.39, 0.29) is 12.2 Å². The lowest BCUT2D eigenvalue weighted by Crippen LogP contribution is -2.12. The first kappa shape index (κ1) is 16.2. The topological polar surface area (TPSA) is 35.5 Å². The molecular formula is C15H23O3P. The van der Waals surface area contributed by atoms with E-state index in [1.807, 2.05) is 58.0 Å². The highest BCUT2D eigenvalue weighted by Crippen LogP contribution is 2.62. The zero-order chi connectivity index (χ0) is 14.5. The molecule has 1 unspecified atom stereocenters. The molecule has 19 heavy (non-hydrogen) atoms. The van der Waals surface area contributed by atoms with E-state index < -0.39 is 13.3 Å². The van der Waals surface area contributed by atoms with Crippen LogP contribution in [0.2, 0.25) is 0 Å². The quantitative estimate of drug-likeness (QED) is 0.524. The zero-order valence-electron chi connectivity index (χ0n) is 12.1. The van der Waals surface area contributed by atoms with E-state index in [9.17, 15) is 4.57 Å². The third kappa shape index (κ3) is 4.61. The number of allylic oxidation sites excluding steroid dienone is 1. The van der Waals surface area contributed by atoms with Crippen LogP contribution in [0.5, 0.6) is 0 Å². The number of rotatable bonds is 7. The predicted molar refractivity (Wildman–Crippen MR) is 79.4 cm³/mol. The van der Waals surface area contributed by atoms with E-state index in [0.717, 1.165) is 5.56 Å². The van der Waals surface area contributed by atoms with Crippen LogP contribution < -0.4 is 0 Å². The highest BCUT2D eigenvalue weighted by molar-refractivity contribution is 7.54. The average molecular weight is 282 g/mol. The summed E-state index contributed by atoms with van der Waals surface area (Å²) >= 11 is 0. The molecule has 0 amide bonds. The second kappa shape index (κ2) is 7.04. The largest absolute Gasteiger partial charge is 0.342 e. The van der Waals surface area contributed by atoms with Gasteiger partial charge in [-0.15, -0.1) is 6.58 Å². The van der Waals surface area contributed by atoms with E-state index in [1.165, 1.54) is 0 Å². The molecule has 0 aliphatic heterocycles. The molecule has 0 aliphatic carbocycles. The molecule has 1 aromatic rings. The Morgan fingerprint density at radius 2 is 1.53 bits per heavy atom. The summed E-state index contributed by atoms with van der Waals surface area (Å²) in [7, 11) is -3.28. The lowest BCUT2D eigenvalue weighted by molar-refractivity contribution is 0.139. The molecular weight excluding hydrogens is 259 g/mol. The van der Waals surface area contributed by atoms with Crippen molar-refractivity contribution in [3.05, 3.63) is 48.6 Å². The van der Waals surface area contributed by atoms with Gasteiger partial charge in [-0.3, -0.25) is 4.57 Å². The molecule has 0 saturated carbocycles. The Kier molecular flexibility index (Phi) is 5.99. The normalized spacial score (nSPS) is 13.8. The Morgan fingerprint density at radius 1 is 1.05 bits per heavy atom. The molecule has 1 aromatic carbocycles. The fourth-order valence-electron chi connectivity index (χ4n) is 1.84. The lowest BCUT2D eigenvalue weighted by Gasteiger charge is -2.28. The van der Waals surface area contributed by atoms with Gasteiger partial charge in [0.2, 0.25) is 0 Å². The lowest BCUT2D eigenvalue weighted by atomic mass is 10.1. The molecule has 0 spiro atoms. The highest BCUT2D eigenvalue weighted by atomic mass is 31.2. The fourth-order valence-corrected chi connectivity index (χ4v) is 4.12. The Labute approximate surface area is 116 Å². The second-order valence-electron chi connectivity index (χ2n) is 4.94. The number of benzene rings is 1. The Morgan fingerprint density at radius 3 is 1.89 bits per heavy atom. The molecule has 0 bridgehead atoms. The van der Waals surface area contributed by atoms with Crippen molar-refractivity contribution >= 4 is 7.60 Å². The molecule has 106 valence electrons. The van der Waals surface area contributed by atoms with Gasteiger partial charge in [-0.1, -0.05) is 36.4 Å². The van der Waals surface area contributed by atoms with Crippen LogP contribution in [0.1, 0.15) is 38.9 Å². The molecule has 1 rings (SSSR count). The third-order valence-electron chi connectivity index (χ3n) is 2.42. The molecule has 0 saturated heterocycles. The van der Waals surface area contributed by atoms with Crippen LogP contribution in [-0.4, -0.2) is 12.2 Å². The zero-order valence-corrected chi connectivity index (χ0v) is 13.0. The van der Waals surface area contributed by atoms with Crippen LogP contribution in [0, 0.1) is 0 Å². The maximum atomic E-state index is 13.1. The van der Waals surface area contributed by atoms with Crippen molar-refractivity contribution < 1.29 is 13.6 Å². The van der Waals surface area contributed by atoms with Crippen LogP contribution in [0.15, 0.2) is 43.0 Å². The molecule has 0 aromatic heterocycles. The smallest absolute Gasteiger partial charge is 0.305 e. The summed E-state index contributed by atoms with van der Waals surface area (Å²) in [5.74, 6) is 0. The van der Waals surface area contributed by atoms with Crippen molar-refractivity contribution in [2.45, 2.75) is 45.6 Å². The minimum Gasteiger partial charge on any atom is -0.305 e. The summed E-state index contributed by atoms with van der Waals surface area (Å²) in [5, 5.41) is 0. The molecule has 1 atom stereocenters. The Hall–Kier alpha value is -0.890. The summed E-state index contributed by atoms with van der Waals surface area (Å²) < 4.78 is 24.3. The molecule has 0 fully saturated rings. The first-order valence-corrected chi connectivity index (χ1v) is 8.14. The fraction of sp³-hybridized carbons (Fsp3) is 0.467. The monoisotopic (exact) mass is 282 g/mol. The number of hydrogen-bond acceptors (Lipinski definition) is 3. The second-order valence-corrected chi connectivity index (χ2v) is 7.00. The molecule has 0 radical (unpaired) electrons. The van der Waals surface area contributed by atoms with Crippen molar-refractivity contribution in [1.29, 1.82) is 0 Å². The summed E-state index contributed by atoms with van der Waals surface area (Å²) in [6.45, 7) is 11.2. The van der Waals surface area contributed by atoms with Gasteiger partial charge in [-0.25, -0.2) is 0 Å². The minimum absolute atomic E-state index is 0.171. The molecule has 0 heterocycles. The van der Waals surface area contributed by atoms with Gasteiger partial charge in [-0.05, 0) is 33.3 Å². The summed E-state index contributed by atoms with van der Waals surface area (Å²) in [6, 6.07) is 9.54. The van der Waals surface area contributed by atoms with Crippen LogP contribution in [0.4, 0.5) is 0 Å². The van der Waals surface area contributed by atoms with Crippen molar-refractivity contribution in [1.82, 2.24) is 0 Å². The standard InChI is InChI=1S/C15H23O3P/c1-6-15(14-10-8-7-9-11-14)19(16,17-12(2)3)18-13(4)5/h6-13,15H,1H2,2-5H3. The average Bonchev–Trinajstić information content (AvgIpc) is 2.28. The Bertz CT molecular complexity index is 426. The summed E-state index contributed by atoms with van der Waals surface area (Å²) in [5.41, 5.74) is 0.445. The van der Waals surface area contributed by atoms with Crippen molar-refractivity contribution in [3.63, 3.8) is 0 Å². The maximum Gasteiger partial charge on any atom is 0.342 e. The highest BCUT2D eigenvalue weighted by Gasteiger charge is 2.37. The predicted octanol–water partition coefficient (Wildman–Crippen LogP) is 4.96. The van der Waals surface area contributed by atoms with Crippen LogP contribution in [0.25, 0.3) is 0 Å². The van der Waals surface area contributed by atoms with Crippen LogP contribution >= 0.6 is 7.60 Å². The van der Waals surface area contributed by atoms with Gasteiger partial charge in [-0.2, -0.15) is 0 Å². The SMILES string of the molecule is C=CC(c1ccccc1)P(=O)(OC(C)C)OC(C)C. The van der Waals surface area contributed by atoms with Crippen molar-refractivity contribution in [2.75, 3.05) is 0 Å². The van der Waals surface area contributed by atoms with Gasteiger partial charge in [0.1, 0.15) is 5.66 Å². The van der Waals surface area contributed by atoms with Crippen molar-refractivity contribution in [3.8, 4) is 0 Å². The van der Waals surface area contributed by atoms with E-state index in [2.05, 4.69) is 6.58 Å². The van der Waals surface area contributed by atoms with Gasteiger partial charge in [0, 0.05) is 0 Å². The van der Waals surface area contributed by atoms with Gasteiger partial charge in [0.05, 0.1) is 12.2 Å². The minimum atomic E-state index is -3.28. The van der Waals surface area contributed by atoms with E-state index >= 15 is 0 Å². The first-order valence-electron chi connectivity index (χ1n) is 6.53. The molecule has 0 N–H and O–H groups in total. The molecule has 4 heteroatoms. The third-order valence-corrected chi connectivity index (χ3v) is 5.04. The maximum absolute atomic E-state index is 13.1. The van der Waals surface area contributed by atoms with E-state index in [1.54, 1.807) is 6.08 Å². The van der Waals surface area contributed by atoms with Gasteiger partial charge < -0.3 is 9.05 Å². The van der Waals surface area contributed by atoms with Crippen molar-refractivity contribution in [2.24, 2.45) is 0 Å². The van der Waals surface area contributed by atoms with Gasteiger partial charge in [0.15, 0.2) is 0 Å².